The number of nitrogens with zero attached hydrogens (tertiary/aromatic N) is 4. The van der Waals surface area contributed by atoms with Gasteiger partial charge in [-0.05, 0) is 26.0 Å². The van der Waals surface area contributed by atoms with Crippen LogP contribution in [0.3, 0.4) is 0 Å². The summed E-state index contributed by atoms with van der Waals surface area (Å²) in [6.45, 7) is 3.72. The zero-order valence-electron chi connectivity index (χ0n) is 13.6. The number of aryl methyl sites for hydroxylation is 2. The van der Waals surface area contributed by atoms with Crippen molar-refractivity contribution >= 4 is 39.0 Å². The number of pyridine rings is 1. The number of nitrogen functional groups attached to an aromatic ring is 1. The lowest BCUT2D eigenvalue weighted by Crippen LogP contribution is -2.33. The third-order valence-electron chi connectivity index (χ3n) is 4.97. The lowest BCUT2D eigenvalue weighted by atomic mass is 10.0. The van der Waals surface area contributed by atoms with E-state index in [-0.39, 0.29) is 11.4 Å². The molecule has 0 atom stereocenters. The van der Waals surface area contributed by atoms with E-state index in [2.05, 4.69) is 5.10 Å². The first kappa shape index (κ1) is 13.8. The van der Waals surface area contributed by atoms with Gasteiger partial charge in [-0.2, -0.15) is 5.10 Å². The number of hydrogen-bond acceptors (Lipinski definition) is 4. The zero-order chi connectivity index (χ0) is 17.6. The largest absolute Gasteiger partial charge is 0.508 e. The summed E-state index contributed by atoms with van der Waals surface area (Å²) < 4.78 is 5.46. The molecule has 0 saturated heterocycles. The van der Waals surface area contributed by atoms with Crippen LogP contribution in [0.1, 0.15) is 21.7 Å². The maximum Gasteiger partial charge on any atom is 0.316 e. The SMILES string of the molecule is Cc1c(O)ccc2c1c1c(N)c(C(N)=O)[n+]3cc(C)n4ncn2c4c13. The number of hydrogen-bond donors (Lipinski definition) is 3. The Bertz CT molecular complexity index is 1360. The van der Waals surface area contributed by atoms with Gasteiger partial charge in [-0.25, -0.2) is 4.52 Å². The highest BCUT2D eigenvalue weighted by Gasteiger charge is 2.34. The fourth-order valence-electron chi connectivity index (χ4n) is 3.87. The van der Waals surface area contributed by atoms with E-state index in [1.54, 1.807) is 27.5 Å². The van der Waals surface area contributed by atoms with Crippen molar-refractivity contribution in [3.8, 4) is 5.75 Å². The summed E-state index contributed by atoms with van der Waals surface area (Å²) in [7, 11) is 0. The summed E-state index contributed by atoms with van der Waals surface area (Å²) >= 11 is 0. The molecular formula is C17H15N6O2+. The number of nitrogens with two attached hydrogens (primary N) is 2. The number of carbonyl (C=O) groups is 1. The van der Waals surface area contributed by atoms with Crippen LogP contribution in [0.25, 0.3) is 27.5 Å². The van der Waals surface area contributed by atoms with E-state index in [4.69, 9.17) is 11.5 Å². The molecule has 1 amide bonds. The molecule has 5 rings (SSSR count). The first-order chi connectivity index (χ1) is 11.9. The average molecular weight is 335 g/mol. The van der Waals surface area contributed by atoms with Crippen LogP contribution in [0.2, 0.25) is 0 Å². The van der Waals surface area contributed by atoms with Crippen LogP contribution in [0.5, 0.6) is 5.75 Å². The number of aromatic hydroxyl groups is 1. The molecule has 8 heteroatoms. The van der Waals surface area contributed by atoms with Crippen LogP contribution in [0.15, 0.2) is 24.7 Å². The molecule has 0 unspecified atom stereocenters. The topological polar surface area (TPSA) is 115 Å². The van der Waals surface area contributed by atoms with Crippen molar-refractivity contribution in [3.05, 3.63) is 41.6 Å². The molecule has 1 aromatic carbocycles. The predicted octanol–water partition coefficient (Wildman–Crippen LogP) is 0.920. The summed E-state index contributed by atoms with van der Waals surface area (Å²) in [5, 5.41) is 16.1. The van der Waals surface area contributed by atoms with E-state index in [0.717, 1.165) is 27.8 Å². The van der Waals surface area contributed by atoms with Gasteiger partial charge in [0.15, 0.2) is 6.20 Å². The number of phenolic OH excluding ortho intramolecular Hbond substituents is 1. The van der Waals surface area contributed by atoms with Crippen molar-refractivity contribution in [1.82, 2.24) is 14.0 Å². The van der Waals surface area contributed by atoms with Crippen LogP contribution in [-0.2, 0) is 0 Å². The van der Waals surface area contributed by atoms with Gasteiger partial charge in [-0.3, -0.25) is 9.20 Å². The number of rotatable bonds is 1. The molecule has 25 heavy (non-hydrogen) atoms. The molecule has 124 valence electrons. The Balaban J connectivity index is 2.29. The van der Waals surface area contributed by atoms with Crippen LogP contribution >= 0.6 is 0 Å². The quantitative estimate of drug-likeness (QED) is 0.312. The van der Waals surface area contributed by atoms with Crippen LogP contribution in [0, 0.1) is 13.8 Å². The van der Waals surface area contributed by atoms with E-state index >= 15 is 0 Å². The van der Waals surface area contributed by atoms with Crippen molar-refractivity contribution in [2.45, 2.75) is 13.8 Å². The number of primary amides is 1. The van der Waals surface area contributed by atoms with E-state index in [1.165, 1.54) is 0 Å². The lowest BCUT2D eigenvalue weighted by Gasteiger charge is -2.09. The molecule has 0 radical (unpaired) electrons. The predicted molar refractivity (Wildman–Crippen MR) is 92.1 cm³/mol. The molecule has 8 nitrogen and oxygen atoms in total. The fraction of sp³-hybridized carbons (Fsp3) is 0.118. The maximum atomic E-state index is 12.1. The molecule has 4 heterocycles. The molecule has 0 fully saturated rings. The number of carbonyl (C=O) groups excluding carboxylic acids is 1. The molecule has 4 aromatic heterocycles. The van der Waals surface area contributed by atoms with E-state index in [0.29, 0.717) is 16.6 Å². The van der Waals surface area contributed by atoms with Crippen molar-refractivity contribution < 1.29 is 14.3 Å². The second-order valence-electron chi connectivity index (χ2n) is 6.33. The number of anilines is 1. The standard InChI is InChI=1S/C17H14N6O2/c1-7-5-21-14-12(13(18)15(21)16(19)25)11-8(2)10(24)4-3-9(11)22-6-20-23(7)17(14)22/h3-6H,1-2H3,(H4-,18,19,24,25)/p+1. The van der Waals surface area contributed by atoms with Crippen molar-refractivity contribution in [2.24, 2.45) is 5.73 Å². The van der Waals surface area contributed by atoms with Gasteiger partial charge >= 0.3 is 5.91 Å². The van der Waals surface area contributed by atoms with Gasteiger partial charge < -0.3 is 16.6 Å². The Labute approximate surface area is 140 Å². The maximum absolute atomic E-state index is 12.1. The Kier molecular flexibility index (Phi) is 2.27. The number of benzene rings is 1. The fourth-order valence-corrected chi connectivity index (χ4v) is 3.87. The summed E-state index contributed by atoms with van der Waals surface area (Å²) in [5.74, 6) is -0.437. The van der Waals surface area contributed by atoms with Crippen molar-refractivity contribution in [2.75, 3.05) is 5.73 Å². The minimum absolute atomic E-state index is 0.165. The Morgan fingerprint density at radius 3 is 2.76 bits per heavy atom. The van der Waals surface area contributed by atoms with E-state index in [1.807, 2.05) is 24.3 Å². The summed E-state index contributed by atoms with van der Waals surface area (Å²) in [4.78, 5) is 12.1. The Morgan fingerprint density at radius 2 is 2.04 bits per heavy atom. The normalized spacial score (nSPS) is 12.2. The van der Waals surface area contributed by atoms with Crippen LogP contribution in [-0.4, -0.2) is 25.0 Å². The Hall–Kier alpha value is -3.55. The molecule has 0 spiro atoms. The molecule has 5 aromatic rings. The van der Waals surface area contributed by atoms with E-state index < -0.39 is 5.91 Å². The van der Waals surface area contributed by atoms with Gasteiger partial charge in [0.2, 0.25) is 5.65 Å². The first-order valence-electron chi connectivity index (χ1n) is 7.77. The molecule has 0 aliphatic heterocycles. The summed E-state index contributed by atoms with van der Waals surface area (Å²) in [5.41, 5.74) is 16.4. The van der Waals surface area contributed by atoms with Gasteiger partial charge in [0.25, 0.3) is 11.2 Å². The lowest BCUT2D eigenvalue weighted by molar-refractivity contribution is -0.510. The molecule has 0 aliphatic rings. The van der Waals surface area contributed by atoms with Gasteiger partial charge in [0.05, 0.1) is 10.9 Å². The molecule has 0 saturated carbocycles. The van der Waals surface area contributed by atoms with E-state index in [9.17, 15) is 9.90 Å². The Morgan fingerprint density at radius 1 is 1.28 bits per heavy atom. The first-order valence-corrected chi connectivity index (χ1v) is 7.77. The average Bonchev–Trinajstić information content (AvgIpc) is 3.11. The summed E-state index contributed by atoms with van der Waals surface area (Å²) in [6, 6.07) is 3.46. The number of amides is 1. The zero-order valence-corrected chi connectivity index (χ0v) is 13.6. The van der Waals surface area contributed by atoms with Crippen molar-refractivity contribution in [1.29, 1.82) is 0 Å². The second kappa shape index (κ2) is 4.10. The van der Waals surface area contributed by atoms with Gasteiger partial charge in [0, 0.05) is 10.9 Å². The van der Waals surface area contributed by atoms with Gasteiger partial charge in [-0.15, -0.1) is 4.40 Å². The molecule has 0 aliphatic carbocycles. The monoisotopic (exact) mass is 335 g/mol. The highest BCUT2D eigenvalue weighted by atomic mass is 16.3. The van der Waals surface area contributed by atoms with Gasteiger partial charge in [0.1, 0.15) is 23.5 Å². The number of phenols is 1. The summed E-state index contributed by atoms with van der Waals surface area (Å²) in [6.07, 6.45) is 3.51. The smallest absolute Gasteiger partial charge is 0.316 e. The van der Waals surface area contributed by atoms with Gasteiger partial charge in [-0.1, -0.05) is 0 Å². The minimum atomic E-state index is -0.602. The highest BCUT2D eigenvalue weighted by Crippen LogP contribution is 2.38. The highest BCUT2D eigenvalue weighted by molar-refractivity contribution is 6.19. The van der Waals surface area contributed by atoms with Crippen LogP contribution < -0.4 is 15.9 Å². The second-order valence-corrected chi connectivity index (χ2v) is 6.33. The minimum Gasteiger partial charge on any atom is -0.508 e. The van der Waals surface area contributed by atoms with Crippen LogP contribution in [0.4, 0.5) is 5.69 Å². The van der Waals surface area contributed by atoms with Crippen molar-refractivity contribution in [3.63, 3.8) is 0 Å². The number of fused-ring (bicyclic) bond motifs is 3. The molecule has 0 bridgehead atoms. The third kappa shape index (κ3) is 1.40. The molecule has 5 N–H and O–H groups in total. The third-order valence-corrected chi connectivity index (χ3v) is 4.97. The molecular weight excluding hydrogens is 320 g/mol. The number of aromatic nitrogens is 4.